The lowest BCUT2D eigenvalue weighted by Gasteiger charge is -2.34. The second kappa shape index (κ2) is 7.16. The van der Waals surface area contributed by atoms with Gasteiger partial charge >= 0.3 is 0 Å². The highest BCUT2D eigenvalue weighted by Gasteiger charge is 2.42. The summed E-state index contributed by atoms with van der Waals surface area (Å²) in [6.45, 7) is 4.13. The van der Waals surface area contributed by atoms with Gasteiger partial charge in [0.15, 0.2) is 5.82 Å². The molecule has 0 N–H and O–H groups in total. The minimum absolute atomic E-state index is 0.315. The van der Waals surface area contributed by atoms with Crippen molar-refractivity contribution in [3.05, 3.63) is 41.3 Å². The van der Waals surface area contributed by atoms with Crippen LogP contribution in [0.1, 0.15) is 30.5 Å². The first kappa shape index (κ1) is 18.3. The van der Waals surface area contributed by atoms with Gasteiger partial charge in [-0.3, -0.25) is 0 Å². The Labute approximate surface area is 162 Å². The molecule has 2 aliphatic heterocycles. The summed E-state index contributed by atoms with van der Waals surface area (Å²) in [7, 11) is 0. The van der Waals surface area contributed by atoms with E-state index >= 15 is 0 Å². The van der Waals surface area contributed by atoms with Crippen molar-refractivity contribution >= 4 is 35.2 Å². The molecular formula is C18H19FN5OPS. The summed E-state index contributed by atoms with van der Waals surface area (Å²) >= 11 is 6.13. The van der Waals surface area contributed by atoms with Crippen molar-refractivity contribution in [1.82, 2.24) is 14.5 Å². The Morgan fingerprint density at radius 1 is 1.30 bits per heavy atom. The van der Waals surface area contributed by atoms with Crippen molar-refractivity contribution in [2.24, 2.45) is 4.99 Å². The van der Waals surface area contributed by atoms with Crippen LogP contribution in [-0.4, -0.2) is 33.4 Å². The Morgan fingerprint density at radius 3 is 2.67 bits per heavy atom. The van der Waals surface area contributed by atoms with E-state index in [4.69, 9.17) is 21.6 Å². The van der Waals surface area contributed by atoms with Crippen LogP contribution in [0.4, 0.5) is 10.2 Å². The molecule has 0 amide bonds. The van der Waals surface area contributed by atoms with Crippen molar-refractivity contribution in [3.63, 3.8) is 0 Å². The van der Waals surface area contributed by atoms with Crippen LogP contribution in [0, 0.1) is 24.1 Å². The smallest absolute Gasteiger partial charge is 0.227 e. The number of rotatable bonds is 4. The molecular weight excluding hydrogens is 384 g/mol. The zero-order valence-electron chi connectivity index (χ0n) is 14.9. The molecule has 1 aromatic carbocycles. The summed E-state index contributed by atoms with van der Waals surface area (Å²) in [5, 5.41) is 14.4. The summed E-state index contributed by atoms with van der Waals surface area (Å²) in [6, 6.07) is 8.20. The standard InChI is InChI=1S/C18H19FN5OPS/c1-13-16-17(24(22-13)12-4-9-20)21-18(14-5-7-15(19)8-6-14)25-26(16,27)23-10-2-3-11-23/h5-8H,2-4,10-12H2,1H3/t26-/m0/s1. The quantitative estimate of drug-likeness (QED) is 0.733. The van der Waals surface area contributed by atoms with Crippen LogP contribution in [0.3, 0.4) is 0 Å². The predicted molar refractivity (Wildman–Crippen MR) is 106 cm³/mol. The van der Waals surface area contributed by atoms with E-state index in [1.165, 1.54) is 12.1 Å². The second-order valence-electron chi connectivity index (χ2n) is 6.59. The van der Waals surface area contributed by atoms with E-state index in [2.05, 4.69) is 20.8 Å². The summed E-state index contributed by atoms with van der Waals surface area (Å²) in [6.07, 6.45) is -0.0517. The molecule has 0 unspecified atom stereocenters. The number of fused-ring (bicyclic) bond motifs is 1. The first-order valence-electron chi connectivity index (χ1n) is 8.87. The lowest BCUT2D eigenvalue weighted by Crippen LogP contribution is -2.30. The fourth-order valence-electron chi connectivity index (χ4n) is 3.47. The number of nitriles is 1. The average molecular weight is 403 g/mol. The number of nitrogens with zero attached hydrogens (tertiary/aromatic N) is 5. The number of benzene rings is 1. The highest BCUT2D eigenvalue weighted by Crippen LogP contribution is 2.57. The number of hydrogen-bond acceptors (Lipinski definition) is 5. The van der Waals surface area contributed by atoms with Gasteiger partial charge in [-0.15, -0.1) is 0 Å². The maximum atomic E-state index is 13.4. The molecule has 2 aliphatic rings. The molecule has 1 aromatic heterocycles. The normalized spacial score (nSPS) is 22.0. The van der Waals surface area contributed by atoms with Crippen molar-refractivity contribution in [1.29, 1.82) is 5.26 Å². The van der Waals surface area contributed by atoms with E-state index in [1.807, 2.05) is 6.92 Å². The average Bonchev–Trinajstić information content (AvgIpc) is 3.30. The molecule has 4 rings (SSSR count). The van der Waals surface area contributed by atoms with Gasteiger partial charge in [-0.25, -0.2) is 13.7 Å². The van der Waals surface area contributed by atoms with E-state index in [-0.39, 0.29) is 5.82 Å². The molecule has 6 nitrogen and oxygen atoms in total. The minimum Gasteiger partial charge on any atom is -0.431 e. The number of aliphatic imine (C=N–C) groups is 1. The Hall–Kier alpha value is -2.07. The monoisotopic (exact) mass is 403 g/mol. The summed E-state index contributed by atoms with van der Waals surface area (Å²) < 4.78 is 23.7. The van der Waals surface area contributed by atoms with E-state index in [9.17, 15) is 4.39 Å². The molecule has 0 saturated carbocycles. The predicted octanol–water partition coefficient (Wildman–Crippen LogP) is 3.38. The van der Waals surface area contributed by atoms with Gasteiger partial charge < -0.3 is 4.52 Å². The van der Waals surface area contributed by atoms with Crippen molar-refractivity contribution in [2.45, 2.75) is 32.7 Å². The number of hydrogen-bond donors (Lipinski definition) is 0. The SMILES string of the molecule is Cc1nn(CCC#N)c2c1[P@](=S)(N1CCCC1)OC(c1ccc(F)cc1)=N2. The van der Waals surface area contributed by atoms with Crippen LogP contribution in [0.15, 0.2) is 29.3 Å². The first-order chi connectivity index (χ1) is 13.0. The van der Waals surface area contributed by atoms with Crippen molar-refractivity contribution in [2.75, 3.05) is 13.1 Å². The Morgan fingerprint density at radius 2 is 2.00 bits per heavy atom. The fourth-order valence-corrected chi connectivity index (χ4v) is 7.36. The maximum absolute atomic E-state index is 13.4. The van der Waals surface area contributed by atoms with E-state index in [0.29, 0.717) is 30.2 Å². The molecule has 9 heteroatoms. The number of aromatic nitrogens is 2. The number of aryl methyl sites for hydroxylation is 2. The van der Waals surface area contributed by atoms with Gasteiger partial charge in [0.25, 0.3) is 0 Å². The molecule has 0 bridgehead atoms. The number of halogens is 1. The zero-order valence-corrected chi connectivity index (χ0v) is 16.6. The molecule has 0 spiro atoms. The van der Waals surface area contributed by atoms with Crippen LogP contribution < -0.4 is 5.30 Å². The van der Waals surface area contributed by atoms with Gasteiger partial charge in [-0.2, -0.15) is 15.4 Å². The van der Waals surface area contributed by atoms with E-state index in [1.54, 1.807) is 16.8 Å². The molecule has 140 valence electrons. The summed E-state index contributed by atoms with van der Waals surface area (Å²) in [4.78, 5) is 4.68. The largest absolute Gasteiger partial charge is 0.431 e. The van der Waals surface area contributed by atoms with Gasteiger partial charge in [0.2, 0.25) is 12.3 Å². The van der Waals surface area contributed by atoms with E-state index in [0.717, 1.165) is 36.9 Å². The topological polar surface area (TPSA) is 66.4 Å². The Bertz CT molecular complexity index is 988. The second-order valence-corrected chi connectivity index (χ2v) is 10.3. The van der Waals surface area contributed by atoms with Gasteiger partial charge in [-0.05, 0) is 55.8 Å². The molecule has 2 aromatic rings. The van der Waals surface area contributed by atoms with Crippen LogP contribution >= 0.6 is 6.42 Å². The minimum atomic E-state index is -2.56. The van der Waals surface area contributed by atoms with Crippen LogP contribution in [-0.2, 0) is 22.9 Å². The summed E-state index contributed by atoms with van der Waals surface area (Å²) in [5.41, 5.74) is 1.49. The first-order valence-corrected chi connectivity index (χ1v) is 11.5. The molecule has 0 aliphatic carbocycles. The highest BCUT2D eigenvalue weighted by molar-refractivity contribution is 8.15. The maximum Gasteiger partial charge on any atom is 0.227 e. The highest BCUT2D eigenvalue weighted by atomic mass is 32.4. The third kappa shape index (κ3) is 3.20. The fraction of sp³-hybridized carbons (Fsp3) is 0.389. The van der Waals surface area contributed by atoms with Crippen molar-refractivity contribution in [3.8, 4) is 6.07 Å². The summed E-state index contributed by atoms with van der Waals surface area (Å²) in [5.74, 6) is 0.754. The molecule has 1 saturated heterocycles. The lowest BCUT2D eigenvalue weighted by atomic mass is 10.2. The van der Waals surface area contributed by atoms with Crippen LogP contribution in [0.25, 0.3) is 0 Å². The van der Waals surface area contributed by atoms with Crippen LogP contribution in [0.5, 0.6) is 0 Å². The molecule has 1 fully saturated rings. The molecule has 27 heavy (non-hydrogen) atoms. The molecule has 0 radical (unpaired) electrons. The third-order valence-corrected chi connectivity index (χ3v) is 8.87. The Kier molecular flexibility index (Phi) is 4.85. The lowest BCUT2D eigenvalue weighted by molar-refractivity contribution is 0.481. The van der Waals surface area contributed by atoms with Gasteiger partial charge in [-0.1, -0.05) is 0 Å². The molecule has 3 heterocycles. The van der Waals surface area contributed by atoms with Gasteiger partial charge in [0.05, 0.1) is 24.7 Å². The Balaban J connectivity index is 1.87. The van der Waals surface area contributed by atoms with E-state index < -0.39 is 6.42 Å². The van der Waals surface area contributed by atoms with Gasteiger partial charge in [0.1, 0.15) is 11.1 Å². The van der Waals surface area contributed by atoms with Crippen LogP contribution in [0.2, 0.25) is 0 Å². The third-order valence-electron chi connectivity index (χ3n) is 4.75. The zero-order chi connectivity index (χ0) is 19.0. The molecule has 1 atom stereocenters. The van der Waals surface area contributed by atoms with Gasteiger partial charge in [0, 0.05) is 18.7 Å². The van der Waals surface area contributed by atoms with Crippen molar-refractivity contribution < 1.29 is 8.91 Å².